The number of amides is 1. The minimum absolute atomic E-state index is 0.0931. The van der Waals surface area contributed by atoms with Crippen LogP contribution in [0, 0.1) is 3.57 Å². The highest BCUT2D eigenvalue weighted by Crippen LogP contribution is 2.20. The van der Waals surface area contributed by atoms with Gasteiger partial charge >= 0.3 is 0 Å². The van der Waals surface area contributed by atoms with Gasteiger partial charge in [0.2, 0.25) is 0 Å². The van der Waals surface area contributed by atoms with Crippen LogP contribution in [0.15, 0.2) is 48.5 Å². The number of carbonyl (C=O) groups excluding carboxylic acids is 2. The summed E-state index contributed by atoms with van der Waals surface area (Å²) in [5.74, 6) is 0.265. The first-order chi connectivity index (χ1) is 10.1. The predicted molar refractivity (Wildman–Crippen MR) is 89.7 cm³/mol. The SMILES string of the molecule is CC(=O)c1ccccc1NC(=O)COc1ccccc1I. The van der Waals surface area contributed by atoms with Crippen LogP contribution in [-0.2, 0) is 4.79 Å². The topological polar surface area (TPSA) is 55.4 Å². The highest BCUT2D eigenvalue weighted by molar-refractivity contribution is 14.1. The molecule has 0 saturated carbocycles. The van der Waals surface area contributed by atoms with Gasteiger partial charge in [-0.25, -0.2) is 0 Å². The molecule has 21 heavy (non-hydrogen) atoms. The number of hydrogen-bond acceptors (Lipinski definition) is 3. The van der Waals surface area contributed by atoms with E-state index < -0.39 is 0 Å². The molecule has 1 amide bonds. The van der Waals surface area contributed by atoms with E-state index in [4.69, 9.17) is 4.74 Å². The molecule has 2 aromatic carbocycles. The molecular formula is C16H14INO3. The van der Waals surface area contributed by atoms with Gasteiger partial charge in [0.05, 0.1) is 9.26 Å². The molecule has 0 saturated heterocycles. The van der Waals surface area contributed by atoms with Gasteiger partial charge in [-0.05, 0) is 53.8 Å². The van der Waals surface area contributed by atoms with Gasteiger partial charge in [0.25, 0.3) is 5.91 Å². The Morgan fingerprint density at radius 1 is 1.10 bits per heavy atom. The normalized spacial score (nSPS) is 10.0. The molecule has 2 rings (SSSR count). The van der Waals surface area contributed by atoms with Crippen LogP contribution >= 0.6 is 22.6 Å². The number of nitrogens with one attached hydrogen (secondary N) is 1. The van der Waals surface area contributed by atoms with Crippen molar-refractivity contribution in [1.82, 2.24) is 0 Å². The molecule has 0 bridgehead atoms. The number of ketones is 1. The van der Waals surface area contributed by atoms with E-state index >= 15 is 0 Å². The monoisotopic (exact) mass is 395 g/mol. The summed E-state index contributed by atoms with van der Waals surface area (Å²) in [4.78, 5) is 23.4. The molecule has 2 aromatic rings. The summed E-state index contributed by atoms with van der Waals surface area (Å²) in [6.45, 7) is 1.36. The fourth-order valence-corrected chi connectivity index (χ4v) is 2.33. The Balaban J connectivity index is 2.00. The quantitative estimate of drug-likeness (QED) is 0.623. The Kier molecular flexibility index (Phi) is 5.32. The van der Waals surface area contributed by atoms with Crippen LogP contribution in [0.1, 0.15) is 17.3 Å². The van der Waals surface area contributed by atoms with Crippen molar-refractivity contribution in [2.45, 2.75) is 6.92 Å². The Labute approximate surface area is 136 Å². The van der Waals surface area contributed by atoms with Crippen molar-refractivity contribution in [2.75, 3.05) is 11.9 Å². The van der Waals surface area contributed by atoms with Crippen molar-refractivity contribution < 1.29 is 14.3 Å². The summed E-state index contributed by atoms with van der Waals surface area (Å²) in [6.07, 6.45) is 0. The van der Waals surface area contributed by atoms with Gasteiger partial charge in [0.1, 0.15) is 5.75 Å². The highest BCUT2D eigenvalue weighted by Gasteiger charge is 2.10. The second-order valence-corrected chi connectivity index (χ2v) is 5.53. The number of benzene rings is 2. The largest absolute Gasteiger partial charge is 0.483 e. The fraction of sp³-hybridized carbons (Fsp3) is 0.125. The van der Waals surface area contributed by atoms with Crippen LogP contribution in [0.2, 0.25) is 0 Å². The van der Waals surface area contributed by atoms with Gasteiger partial charge in [-0.1, -0.05) is 24.3 Å². The molecule has 5 heteroatoms. The molecule has 0 aliphatic rings. The standard InChI is InChI=1S/C16H14INO3/c1-11(19)12-6-2-4-8-14(12)18-16(20)10-21-15-9-5-3-7-13(15)17/h2-9H,10H2,1H3,(H,18,20). The van der Waals surface area contributed by atoms with Gasteiger partial charge < -0.3 is 10.1 Å². The number of ether oxygens (including phenoxy) is 1. The first-order valence-electron chi connectivity index (χ1n) is 6.35. The Morgan fingerprint density at radius 3 is 2.48 bits per heavy atom. The van der Waals surface area contributed by atoms with Gasteiger partial charge in [0, 0.05) is 5.56 Å². The highest BCUT2D eigenvalue weighted by atomic mass is 127. The van der Waals surface area contributed by atoms with Gasteiger partial charge in [0.15, 0.2) is 12.4 Å². The van der Waals surface area contributed by atoms with Crippen LogP contribution < -0.4 is 10.1 Å². The lowest BCUT2D eigenvalue weighted by atomic mass is 10.1. The van der Waals surface area contributed by atoms with E-state index in [0.717, 1.165) is 3.57 Å². The lowest BCUT2D eigenvalue weighted by Crippen LogP contribution is -2.21. The molecule has 4 nitrogen and oxygen atoms in total. The van der Waals surface area contributed by atoms with Gasteiger partial charge in [-0.15, -0.1) is 0 Å². The van der Waals surface area contributed by atoms with E-state index in [2.05, 4.69) is 27.9 Å². The minimum atomic E-state index is -0.302. The molecule has 0 fully saturated rings. The van der Waals surface area contributed by atoms with Gasteiger partial charge in [-0.3, -0.25) is 9.59 Å². The van der Waals surface area contributed by atoms with Crippen molar-refractivity contribution in [1.29, 1.82) is 0 Å². The van der Waals surface area contributed by atoms with E-state index in [-0.39, 0.29) is 18.3 Å². The minimum Gasteiger partial charge on any atom is -0.483 e. The van der Waals surface area contributed by atoms with Crippen molar-refractivity contribution in [3.8, 4) is 5.75 Å². The third-order valence-electron chi connectivity index (χ3n) is 2.78. The molecule has 1 N–H and O–H groups in total. The third-order valence-corrected chi connectivity index (χ3v) is 3.67. The smallest absolute Gasteiger partial charge is 0.262 e. The van der Waals surface area contributed by atoms with Crippen LogP contribution in [0.4, 0.5) is 5.69 Å². The maximum atomic E-state index is 11.9. The van der Waals surface area contributed by atoms with E-state index in [1.165, 1.54) is 6.92 Å². The van der Waals surface area contributed by atoms with Crippen molar-refractivity contribution in [2.24, 2.45) is 0 Å². The number of para-hydroxylation sites is 2. The molecule has 0 unspecified atom stereocenters. The number of halogens is 1. The lowest BCUT2D eigenvalue weighted by molar-refractivity contribution is -0.118. The Bertz CT molecular complexity index is 670. The zero-order valence-electron chi connectivity index (χ0n) is 11.4. The molecule has 0 aliphatic heterocycles. The molecule has 0 aliphatic carbocycles. The predicted octanol–water partition coefficient (Wildman–Crippen LogP) is 3.51. The lowest BCUT2D eigenvalue weighted by Gasteiger charge is -2.10. The fourth-order valence-electron chi connectivity index (χ4n) is 1.79. The molecule has 0 aromatic heterocycles. The van der Waals surface area contributed by atoms with Crippen LogP contribution in [0.5, 0.6) is 5.75 Å². The van der Waals surface area contributed by atoms with E-state index in [9.17, 15) is 9.59 Å². The molecule has 108 valence electrons. The summed E-state index contributed by atoms with van der Waals surface area (Å²) in [5, 5.41) is 2.69. The van der Waals surface area contributed by atoms with Crippen molar-refractivity contribution in [3.63, 3.8) is 0 Å². The zero-order valence-corrected chi connectivity index (χ0v) is 13.6. The summed E-state index contributed by atoms with van der Waals surface area (Å²) in [6, 6.07) is 14.4. The van der Waals surface area contributed by atoms with Crippen LogP contribution in [0.3, 0.4) is 0 Å². The first kappa shape index (κ1) is 15.5. The van der Waals surface area contributed by atoms with Crippen molar-refractivity contribution >= 4 is 40.0 Å². The maximum absolute atomic E-state index is 11.9. The average molecular weight is 395 g/mol. The summed E-state index contributed by atoms with van der Waals surface area (Å²) in [5.41, 5.74) is 0.988. The molecule has 0 spiro atoms. The molecule has 0 heterocycles. The van der Waals surface area contributed by atoms with Gasteiger partial charge in [-0.2, -0.15) is 0 Å². The maximum Gasteiger partial charge on any atom is 0.262 e. The first-order valence-corrected chi connectivity index (χ1v) is 7.43. The number of hydrogen-bond donors (Lipinski definition) is 1. The summed E-state index contributed by atoms with van der Waals surface area (Å²) >= 11 is 2.14. The summed E-state index contributed by atoms with van der Waals surface area (Å²) < 4.78 is 6.40. The number of Topliss-reactive ketones (excluding diaryl/α,β-unsaturated/α-hetero) is 1. The average Bonchev–Trinajstić information content (AvgIpc) is 2.47. The summed E-state index contributed by atoms with van der Waals surface area (Å²) in [7, 11) is 0. The van der Waals surface area contributed by atoms with Crippen molar-refractivity contribution in [3.05, 3.63) is 57.7 Å². The molecule has 0 radical (unpaired) electrons. The second-order valence-electron chi connectivity index (χ2n) is 4.37. The molecular weight excluding hydrogens is 381 g/mol. The van der Waals surface area contributed by atoms with E-state index in [0.29, 0.717) is 17.0 Å². The van der Waals surface area contributed by atoms with Crippen LogP contribution in [-0.4, -0.2) is 18.3 Å². The van der Waals surface area contributed by atoms with E-state index in [1.54, 1.807) is 30.3 Å². The second kappa shape index (κ2) is 7.21. The number of rotatable bonds is 5. The Hall–Kier alpha value is -1.89. The van der Waals surface area contributed by atoms with Crippen LogP contribution in [0.25, 0.3) is 0 Å². The zero-order chi connectivity index (χ0) is 15.2. The Morgan fingerprint density at radius 2 is 1.76 bits per heavy atom. The number of carbonyl (C=O) groups is 2. The number of anilines is 1. The third kappa shape index (κ3) is 4.29. The van der Waals surface area contributed by atoms with E-state index in [1.807, 2.05) is 18.2 Å². The molecule has 0 atom stereocenters.